The van der Waals surface area contributed by atoms with Gasteiger partial charge >= 0.3 is 0 Å². The van der Waals surface area contributed by atoms with Gasteiger partial charge in [-0.1, -0.05) is 13.0 Å². The number of pyridine rings is 1. The first kappa shape index (κ1) is 11.8. The minimum atomic E-state index is 0.879. The fourth-order valence-electron chi connectivity index (χ4n) is 1.69. The summed E-state index contributed by atoms with van der Waals surface area (Å²) in [5, 5.41) is 3.36. The second kappa shape index (κ2) is 5.59. The molecule has 0 aromatic carbocycles. The molecule has 0 saturated carbocycles. The first-order chi connectivity index (χ1) is 8.31. The van der Waals surface area contributed by atoms with Crippen molar-refractivity contribution in [2.24, 2.45) is 0 Å². The maximum atomic E-state index is 4.44. The Hall–Kier alpha value is -1.68. The second-order valence-electron chi connectivity index (χ2n) is 4.05. The van der Waals surface area contributed by atoms with Gasteiger partial charge in [-0.05, 0) is 31.5 Å². The number of nitrogens with one attached hydrogen (secondary N) is 1. The zero-order valence-electron chi connectivity index (χ0n) is 10.3. The van der Waals surface area contributed by atoms with Crippen LogP contribution in [0.3, 0.4) is 0 Å². The average molecular weight is 230 g/mol. The van der Waals surface area contributed by atoms with E-state index in [4.69, 9.17) is 0 Å². The third-order valence-electron chi connectivity index (χ3n) is 2.64. The molecular formula is C13H18N4. The SMILES string of the molecule is CCCNCc1ccc(-n2ccnc2C)nc1. The van der Waals surface area contributed by atoms with Gasteiger partial charge in [0.1, 0.15) is 11.6 Å². The Labute approximate surface area is 102 Å². The van der Waals surface area contributed by atoms with Crippen molar-refractivity contribution in [2.75, 3.05) is 6.54 Å². The van der Waals surface area contributed by atoms with E-state index in [1.807, 2.05) is 30.0 Å². The van der Waals surface area contributed by atoms with E-state index in [-0.39, 0.29) is 0 Å². The molecule has 0 saturated heterocycles. The van der Waals surface area contributed by atoms with Crippen molar-refractivity contribution in [3.63, 3.8) is 0 Å². The van der Waals surface area contributed by atoms with Gasteiger partial charge < -0.3 is 5.32 Å². The van der Waals surface area contributed by atoms with E-state index >= 15 is 0 Å². The zero-order valence-corrected chi connectivity index (χ0v) is 10.3. The predicted molar refractivity (Wildman–Crippen MR) is 68.1 cm³/mol. The fourth-order valence-corrected chi connectivity index (χ4v) is 1.69. The van der Waals surface area contributed by atoms with E-state index in [1.165, 1.54) is 5.56 Å². The molecule has 2 rings (SSSR count). The molecule has 0 amide bonds. The average Bonchev–Trinajstić information content (AvgIpc) is 2.77. The quantitative estimate of drug-likeness (QED) is 0.800. The summed E-state index contributed by atoms with van der Waals surface area (Å²) in [6.45, 7) is 6.06. The number of hydrogen-bond acceptors (Lipinski definition) is 3. The van der Waals surface area contributed by atoms with Crippen LogP contribution in [-0.4, -0.2) is 21.1 Å². The third kappa shape index (κ3) is 2.91. The monoisotopic (exact) mass is 230 g/mol. The molecule has 90 valence electrons. The van der Waals surface area contributed by atoms with Crippen LogP contribution in [-0.2, 0) is 6.54 Å². The van der Waals surface area contributed by atoms with E-state index in [1.54, 1.807) is 6.20 Å². The summed E-state index contributed by atoms with van der Waals surface area (Å²) in [6, 6.07) is 4.13. The predicted octanol–water partition coefficient (Wildman–Crippen LogP) is 2.08. The highest BCUT2D eigenvalue weighted by Crippen LogP contribution is 2.08. The van der Waals surface area contributed by atoms with Gasteiger partial charge in [0.25, 0.3) is 0 Å². The van der Waals surface area contributed by atoms with Crippen molar-refractivity contribution in [3.8, 4) is 5.82 Å². The lowest BCUT2D eigenvalue weighted by molar-refractivity contribution is 0.673. The Morgan fingerprint density at radius 3 is 2.76 bits per heavy atom. The van der Waals surface area contributed by atoms with Gasteiger partial charge in [0.15, 0.2) is 0 Å². The minimum Gasteiger partial charge on any atom is -0.313 e. The third-order valence-corrected chi connectivity index (χ3v) is 2.64. The first-order valence-electron chi connectivity index (χ1n) is 5.97. The normalized spacial score (nSPS) is 10.7. The van der Waals surface area contributed by atoms with Crippen molar-refractivity contribution >= 4 is 0 Å². The van der Waals surface area contributed by atoms with Gasteiger partial charge in [0.2, 0.25) is 0 Å². The van der Waals surface area contributed by atoms with E-state index < -0.39 is 0 Å². The van der Waals surface area contributed by atoms with Crippen molar-refractivity contribution in [1.29, 1.82) is 0 Å². The van der Waals surface area contributed by atoms with Crippen LogP contribution in [0.2, 0.25) is 0 Å². The number of imidazole rings is 1. The zero-order chi connectivity index (χ0) is 12.1. The smallest absolute Gasteiger partial charge is 0.137 e. The van der Waals surface area contributed by atoms with E-state index in [0.717, 1.165) is 31.2 Å². The molecule has 0 fully saturated rings. The van der Waals surface area contributed by atoms with Crippen molar-refractivity contribution in [2.45, 2.75) is 26.8 Å². The van der Waals surface area contributed by atoms with Gasteiger partial charge in [0.05, 0.1) is 0 Å². The Morgan fingerprint density at radius 2 is 2.18 bits per heavy atom. The lowest BCUT2D eigenvalue weighted by atomic mass is 10.3. The summed E-state index contributed by atoms with van der Waals surface area (Å²) < 4.78 is 1.98. The van der Waals surface area contributed by atoms with E-state index in [9.17, 15) is 0 Å². The van der Waals surface area contributed by atoms with Crippen LogP contribution in [0, 0.1) is 6.92 Å². The number of aromatic nitrogens is 3. The van der Waals surface area contributed by atoms with Gasteiger partial charge in [0, 0.05) is 25.1 Å². The number of hydrogen-bond donors (Lipinski definition) is 1. The molecule has 0 spiro atoms. The lowest BCUT2D eigenvalue weighted by Crippen LogP contribution is -2.14. The molecule has 0 atom stereocenters. The summed E-state index contributed by atoms with van der Waals surface area (Å²) in [4.78, 5) is 8.63. The minimum absolute atomic E-state index is 0.879. The summed E-state index contributed by atoms with van der Waals surface area (Å²) in [7, 11) is 0. The number of aryl methyl sites for hydroxylation is 1. The van der Waals surface area contributed by atoms with Gasteiger partial charge in [-0.3, -0.25) is 4.57 Å². The summed E-state index contributed by atoms with van der Waals surface area (Å²) in [6.07, 6.45) is 6.78. The van der Waals surface area contributed by atoms with Crippen LogP contribution >= 0.6 is 0 Å². The van der Waals surface area contributed by atoms with Gasteiger partial charge in [-0.15, -0.1) is 0 Å². The van der Waals surface area contributed by atoms with Gasteiger partial charge in [-0.2, -0.15) is 0 Å². The molecule has 2 heterocycles. The Kier molecular flexibility index (Phi) is 3.88. The molecule has 4 nitrogen and oxygen atoms in total. The van der Waals surface area contributed by atoms with Crippen LogP contribution in [0.4, 0.5) is 0 Å². The molecule has 1 N–H and O–H groups in total. The molecule has 2 aromatic heterocycles. The summed E-state index contributed by atoms with van der Waals surface area (Å²) >= 11 is 0. The second-order valence-corrected chi connectivity index (χ2v) is 4.05. The topological polar surface area (TPSA) is 42.7 Å². The van der Waals surface area contributed by atoms with Crippen molar-refractivity contribution < 1.29 is 0 Å². The molecule has 0 bridgehead atoms. The van der Waals surface area contributed by atoms with E-state index in [0.29, 0.717) is 0 Å². The van der Waals surface area contributed by atoms with Crippen LogP contribution in [0.25, 0.3) is 5.82 Å². The molecule has 2 aromatic rings. The molecule has 0 radical (unpaired) electrons. The summed E-state index contributed by atoms with van der Waals surface area (Å²) in [5.74, 6) is 1.87. The highest BCUT2D eigenvalue weighted by atomic mass is 15.1. The van der Waals surface area contributed by atoms with Crippen LogP contribution in [0.1, 0.15) is 24.7 Å². The number of rotatable bonds is 5. The van der Waals surface area contributed by atoms with Crippen LogP contribution in [0.5, 0.6) is 0 Å². The largest absolute Gasteiger partial charge is 0.313 e. The standard InChI is InChI=1S/C13H18N4/c1-3-6-14-9-12-4-5-13(16-10-12)17-8-7-15-11(17)2/h4-5,7-8,10,14H,3,6,9H2,1-2H3. The summed E-state index contributed by atoms with van der Waals surface area (Å²) in [5.41, 5.74) is 1.21. The van der Waals surface area contributed by atoms with Gasteiger partial charge in [-0.25, -0.2) is 9.97 Å². The molecule has 0 unspecified atom stereocenters. The fraction of sp³-hybridized carbons (Fsp3) is 0.385. The Bertz CT molecular complexity index is 459. The molecule has 17 heavy (non-hydrogen) atoms. The Balaban J connectivity index is 2.06. The maximum absolute atomic E-state index is 4.44. The molecule has 4 heteroatoms. The van der Waals surface area contributed by atoms with Crippen LogP contribution < -0.4 is 5.32 Å². The number of nitrogens with zero attached hydrogens (tertiary/aromatic N) is 3. The molecule has 0 aliphatic rings. The van der Waals surface area contributed by atoms with E-state index in [2.05, 4.69) is 28.3 Å². The lowest BCUT2D eigenvalue weighted by Gasteiger charge is -2.06. The van der Waals surface area contributed by atoms with Crippen LogP contribution in [0.15, 0.2) is 30.7 Å². The van der Waals surface area contributed by atoms with Crippen molar-refractivity contribution in [1.82, 2.24) is 19.9 Å². The highest BCUT2D eigenvalue weighted by Gasteiger charge is 2.01. The molecule has 0 aliphatic carbocycles. The first-order valence-corrected chi connectivity index (χ1v) is 5.97. The van der Waals surface area contributed by atoms with Crippen molar-refractivity contribution in [3.05, 3.63) is 42.1 Å². The Morgan fingerprint density at radius 1 is 1.29 bits per heavy atom. The highest BCUT2D eigenvalue weighted by molar-refractivity contribution is 5.26. The molecule has 0 aliphatic heterocycles. The molecular weight excluding hydrogens is 212 g/mol. The maximum Gasteiger partial charge on any atom is 0.137 e.